The monoisotopic (exact) mass is 339 g/mol. The van der Waals surface area contributed by atoms with Gasteiger partial charge in [-0.05, 0) is 31.4 Å². The first-order chi connectivity index (χ1) is 12.3. The highest BCUT2D eigenvalue weighted by molar-refractivity contribution is 5.94. The van der Waals surface area contributed by atoms with Crippen molar-refractivity contribution in [1.29, 1.82) is 0 Å². The number of aromatic nitrogens is 3. The molecule has 0 saturated carbocycles. The van der Waals surface area contributed by atoms with Gasteiger partial charge in [-0.25, -0.2) is 9.97 Å². The lowest BCUT2D eigenvalue weighted by Crippen LogP contribution is -2.41. The molecule has 1 fully saturated rings. The molecule has 0 spiro atoms. The topological polar surface area (TPSA) is 63.1 Å². The minimum atomic E-state index is -0.0384. The maximum absolute atomic E-state index is 12.5. The maximum Gasteiger partial charge on any atom is 0.253 e. The molecular formula is C19H25N5O. The Kier molecular flexibility index (Phi) is 4.68. The van der Waals surface area contributed by atoms with Gasteiger partial charge in [-0.3, -0.25) is 4.79 Å². The van der Waals surface area contributed by atoms with E-state index < -0.39 is 0 Å². The Morgan fingerprint density at radius 2 is 1.96 bits per heavy atom. The Morgan fingerprint density at radius 3 is 2.72 bits per heavy atom. The molecule has 2 aliphatic rings. The van der Waals surface area contributed by atoms with E-state index in [-0.39, 0.29) is 11.9 Å². The molecule has 0 radical (unpaired) electrons. The molecule has 2 aliphatic heterocycles. The highest BCUT2D eigenvalue weighted by Gasteiger charge is 2.21. The summed E-state index contributed by atoms with van der Waals surface area (Å²) < 4.78 is 2.12. The van der Waals surface area contributed by atoms with Crippen LogP contribution in [0.4, 0.5) is 5.82 Å². The van der Waals surface area contributed by atoms with Gasteiger partial charge in [-0.1, -0.05) is 12.8 Å². The number of imidazole rings is 1. The van der Waals surface area contributed by atoms with Gasteiger partial charge in [0.05, 0.1) is 5.56 Å². The lowest BCUT2D eigenvalue weighted by Gasteiger charge is -2.25. The number of anilines is 1. The van der Waals surface area contributed by atoms with Crippen molar-refractivity contribution in [2.45, 2.75) is 51.1 Å². The third-order valence-corrected chi connectivity index (χ3v) is 5.21. The molecule has 0 aromatic carbocycles. The number of nitrogens with one attached hydrogen (secondary N) is 1. The van der Waals surface area contributed by atoms with Crippen molar-refractivity contribution >= 4 is 11.7 Å². The van der Waals surface area contributed by atoms with E-state index >= 15 is 0 Å². The van der Waals surface area contributed by atoms with Gasteiger partial charge in [-0.2, -0.15) is 0 Å². The first-order valence-electron chi connectivity index (χ1n) is 9.31. The predicted molar refractivity (Wildman–Crippen MR) is 96.7 cm³/mol. The highest BCUT2D eigenvalue weighted by atomic mass is 16.1. The summed E-state index contributed by atoms with van der Waals surface area (Å²) in [6.07, 6.45) is 12.4. The summed E-state index contributed by atoms with van der Waals surface area (Å²) in [6.45, 7) is 2.92. The molecule has 0 bridgehead atoms. The van der Waals surface area contributed by atoms with E-state index in [9.17, 15) is 4.79 Å². The molecule has 0 unspecified atom stereocenters. The fraction of sp³-hybridized carbons (Fsp3) is 0.526. The number of carbonyl (C=O) groups excluding carboxylic acids is 1. The van der Waals surface area contributed by atoms with Crippen LogP contribution in [-0.4, -0.2) is 39.6 Å². The number of nitrogens with zero attached hydrogens (tertiary/aromatic N) is 4. The van der Waals surface area contributed by atoms with Crippen LogP contribution in [0.5, 0.6) is 0 Å². The van der Waals surface area contributed by atoms with Crippen LogP contribution in [0.25, 0.3) is 0 Å². The second-order valence-electron chi connectivity index (χ2n) is 7.01. The molecule has 4 heterocycles. The molecular weight excluding hydrogens is 314 g/mol. The van der Waals surface area contributed by atoms with E-state index in [0.29, 0.717) is 5.56 Å². The maximum atomic E-state index is 12.5. The normalized spacial score (nSPS) is 20.6. The van der Waals surface area contributed by atoms with E-state index in [2.05, 4.69) is 24.8 Å². The first kappa shape index (κ1) is 16.1. The zero-order valence-electron chi connectivity index (χ0n) is 14.5. The summed E-state index contributed by atoms with van der Waals surface area (Å²) in [5, 5.41) is 3.13. The number of hydrogen-bond donors (Lipinski definition) is 1. The highest BCUT2D eigenvalue weighted by Crippen LogP contribution is 2.18. The molecule has 2 aromatic heterocycles. The average Bonchev–Trinajstić information content (AvgIpc) is 2.94. The van der Waals surface area contributed by atoms with E-state index in [1.165, 1.54) is 25.7 Å². The van der Waals surface area contributed by atoms with Crippen LogP contribution in [0.2, 0.25) is 0 Å². The molecule has 6 nitrogen and oxygen atoms in total. The third kappa shape index (κ3) is 3.67. The van der Waals surface area contributed by atoms with Crippen molar-refractivity contribution in [2.75, 3.05) is 18.0 Å². The van der Waals surface area contributed by atoms with Gasteiger partial charge in [0.2, 0.25) is 0 Å². The second-order valence-corrected chi connectivity index (χ2v) is 7.01. The largest absolute Gasteiger partial charge is 0.357 e. The molecule has 132 valence electrons. The third-order valence-electron chi connectivity index (χ3n) is 5.21. The second kappa shape index (κ2) is 7.25. The minimum Gasteiger partial charge on any atom is -0.357 e. The lowest BCUT2D eigenvalue weighted by atomic mass is 10.1. The van der Waals surface area contributed by atoms with Crippen molar-refractivity contribution in [1.82, 2.24) is 19.9 Å². The average molecular weight is 339 g/mol. The van der Waals surface area contributed by atoms with Gasteiger partial charge in [0.15, 0.2) is 0 Å². The summed E-state index contributed by atoms with van der Waals surface area (Å²) in [4.78, 5) is 23.7. The lowest BCUT2D eigenvalue weighted by molar-refractivity contribution is 0.0927. The summed E-state index contributed by atoms with van der Waals surface area (Å²) in [7, 11) is 0. The van der Waals surface area contributed by atoms with Crippen LogP contribution in [0.15, 0.2) is 30.7 Å². The van der Waals surface area contributed by atoms with Gasteiger partial charge in [-0.15, -0.1) is 0 Å². The quantitative estimate of drug-likeness (QED) is 0.933. The number of fused-ring (bicyclic) bond motifs is 1. The van der Waals surface area contributed by atoms with Gasteiger partial charge in [0, 0.05) is 50.7 Å². The summed E-state index contributed by atoms with van der Waals surface area (Å²) in [5.41, 5.74) is 0.634. The number of hydrogen-bond acceptors (Lipinski definition) is 4. The Hall–Kier alpha value is -2.37. The number of carbonyl (C=O) groups is 1. The Morgan fingerprint density at radius 1 is 1.12 bits per heavy atom. The standard InChI is InChI=1S/C19H25N5O/c25-19(22-16-6-8-17-20-9-12-24(17)14-16)15-5-7-18(21-13-15)23-10-3-1-2-4-11-23/h5,7,9,12-13,16H,1-4,6,8,10-11,14H2,(H,22,25)/t16-/m0/s1. The van der Waals surface area contributed by atoms with Gasteiger partial charge in [0.1, 0.15) is 11.6 Å². The van der Waals surface area contributed by atoms with E-state index in [1.807, 2.05) is 24.5 Å². The van der Waals surface area contributed by atoms with Crippen LogP contribution in [0.3, 0.4) is 0 Å². The van der Waals surface area contributed by atoms with Crippen LogP contribution < -0.4 is 10.2 Å². The van der Waals surface area contributed by atoms with Crippen molar-refractivity contribution in [2.24, 2.45) is 0 Å². The van der Waals surface area contributed by atoms with E-state index in [1.54, 1.807) is 6.20 Å². The van der Waals surface area contributed by atoms with Gasteiger partial charge >= 0.3 is 0 Å². The molecule has 2 aromatic rings. The van der Waals surface area contributed by atoms with Crippen LogP contribution >= 0.6 is 0 Å². The molecule has 1 atom stereocenters. The SMILES string of the molecule is O=C(N[C@H]1CCc2nccn2C1)c1ccc(N2CCCCCC2)nc1. The summed E-state index contributed by atoms with van der Waals surface area (Å²) in [5.74, 6) is 2.05. The predicted octanol–water partition coefficient (Wildman–Crippen LogP) is 2.40. The first-order valence-corrected chi connectivity index (χ1v) is 9.31. The van der Waals surface area contributed by atoms with E-state index in [0.717, 1.165) is 44.1 Å². The van der Waals surface area contributed by atoms with Crippen LogP contribution in [0, 0.1) is 0 Å². The van der Waals surface area contributed by atoms with E-state index in [4.69, 9.17) is 0 Å². The van der Waals surface area contributed by atoms with Crippen LogP contribution in [0.1, 0.15) is 48.3 Å². The molecule has 1 saturated heterocycles. The zero-order valence-corrected chi connectivity index (χ0v) is 14.5. The Labute approximate surface area is 148 Å². The summed E-state index contributed by atoms with van der Waals surface area (Å²) >= 11 is 0. The fourth-order valence-electron chi connectivity index (χ4n) is 3.76. The zero-order chi connectivity index (χ0) is 17.1. The minimum absolute atomic E-state index is 0.0384. The molecule has 1 N–H and O–H groups in total. The fourth-order valence-corrected chi connectivity index (χ4v) is 3.76. The Bertz CT molecular complexity index is 716. The smallest absolute Gasteiger partial charge is 0.253 e. The van der Waals surface area contributed by atoms with Crippen molar-refractivity contribution < 1.29 is 4.79 Å². The molecule has 1 amide bonds. The van der Waals surface area contributed by atoms with Crippen molar-refractivity contribution in [3.63, 3.8) is 0 Å². The number of pyridine rings is 1. The number of amides is 1. The molecule has 6 heteroatoms. The summed E-state index contributed by atoms with van der Waals surface area (Å²) in [6, 6.07) is 4.03. The van der Waals surface area contributed by atoms with Crippen LogP contribution in [-0.2, 0) is 13.0 Å². The molecule has 4 rings (SSSR count). The van der Waals surface area contributed by atoms with Crippen molar-refractivity contribution in [3.05, 3.63) is 42.1 Å². The molecule has 25 heavy (non-hydrogen) atoms. The molecule has 0 aliphatic carbocycles. The number of rotatable bonds is 3. The Balaban J connectivity index is 1.37. The van der Waals surface area contributed by atoms with Gasteiger partial charge < -0.3 is 14.8 Å². The van der Waals surface area contributed by atoms with Crippen molar-refractivity contribution in [3.8, 4) is 0 Å². The van der Waals surface area contributed by atoms with Gasteiger partial charge in [0.25, 0.3) is 5.91 Å². The number of aryl methyl sites for hydroxylation is 1.